The van der Waals surface area contributed by atoms with Crippen LogP contribution in [0, 0.1) is 0 Å². The van der Waals surface area contributed by atoms with Crippen LogP contribution >= 0.6 is 11.2 Å². The van der Waals surface area contributed by atoms with Gasteiger partial charge in [-0.15, -0.1) is 0 Å². The Kier molecular flexibility index (Phi) is 6.56. The summed E-state index contributed by atoms with van der Waals surface area (Å²) in [5.74, 6) is 0. The lowest BCUT2D eigenvalue weighted by Gasteiger charge is -2.31. The van der Waals surface area contributed by atoms with E-state index in [0.29, 0.717) is 0 Å². The molecule has 0 aromatic heterocycles. The summed E-state index contributed by atoms with van der Waals surface area (Å²) in [6.45, 7) is -1.48. The summed E-state index contributed by atoms with van der Waals surface area (Å²) in [6.07, 6.45) is -5.19. The molecule has 20 heavy (non-hydrogen) atoms. The van der Waals surface area contributed by atoms with E-state index in [1.54, 1.807) is 0 Å². The van der Waals surface area contributed by atoms with Gasteiger partial charge in [0, 0.05) is 13.1 Å². The van der Waals surface area contributed by atoms with Crippen LogP contribution in [-0.2, 0) is 4.18 Å². The number of β-amino-alcohol motifs (C(OH)–C–C–N with tert-alkyl or cyclic N) is 2. The highest BCUT2D eigenvalue weighted by Crippen LogP contribution is 2.36. The maximum Gasteiger partial charge on any atom is 0.217 e. The van der Waals surface area contributed by atoms with Crippen molar-refractivity contribution >= 4 is 11.2 Å². The smallest absolute Gasteiger partial charge is 0.217 e. The molecule has 0 amide bonds. The molecule has 10 nitrogen and oxygen atoms in total. The first-order valence-corrected chi connectivity index (χ1v) is 7.31. The van der Waals surface area contributed by atoms with Gasteiger partial charge < -0.3 is 25.5 Å². The van der Waals surface area contributed by atoms with E-state index < -0.39 is 54.8 Å². The molecule has 1 fully saturated rings. The van der Waals surface area contributed by atoms with Crippen LogP contribution in [-0.4, -0.2) is 101 Å². The van der Waals surface area contributed by atoms with Crippen LogP contribution in [0.3, 0.4) is 0 Å². The fourth-order valence-corrected chi connectivity index (χ4v) is 2.65. The Morgan fingerprint density at radius 1 is 1.20 bits per heavy atom. The summed E-state index contributed by atoms with van der Waals surface area (Å²) in [5.41, 5.74) is 0. The zero-order chi connectivity index (χ0) is 15.5. The highest BCUT2D eigenvalue weighted by atomic mass is 32.3. The summed E-state index contributed by atoms with van der Waals surface area (Å²) in [6, 6.07) is -0.798. The second kappa shape index (κ2) is 7.29. The van der Waals surface area contributed by atoms with Crippen molar-refractivity contribution in [3.8, 4) is 0 Å². The molecule has 0 aliphatic carbocycles. The SMILES string of the molecule is OC[C@@H]1[C@@H](O)[C@H](O)CN1C[C@@H](O)[C@@H](CO)OS(O)(O)O. The minimum absolute atomic E-state index is 0.0169. The van der Waals surface area contributed by atoms with Crippen LogP contribution in [0.1, 0.15) is 0 Å². The lowest BCUT2D eigenvalue weighted by Crippen LogP contribution is -2.47. The molecule has 0 aromatic rings. The summed E-state index contributed by atoms with van der Waals surface area (Å²) in [7, 11) is 0. The molecule has 8 N–H and O–H groups in total. The highest BCUT2D eigenvalue weighted by molar-refractivity contribution is 8.15. The van der Waals surface area contributed by atoms with E-state index in [2.05, 4.69) is 4.18 Å². The van der Waals surface area contributed by atoms with Gasteiger partial charge in [0.05, 0.1) is 37.6 Å². The van der Waals surface area contributed by atoms with Crippen molar-refractivity contribution in [2.45, 2.75) is 30.5 Å². The van der Waals surface area contributed by atoms with Crippen LogP contribution in [0.25, 0.3) is 0 Å². The van der Waals surface area contributed by atoms with Gasteiger partial charge in [-0.2, -0.15) is 0 Å². The third kappa shape index (κ3) is 4.75. The summed E-state index contributed by atoms with van der Waals surface area (Å²) < 4.78 is 30.5. The van der Waals surface area contributed by atoms with Crippen LogP contribution in [0.5, 0.6) is 0 Å². The van der Waals surface area contributed by atoms with E-state index >= 15 is 0 Å². The second-order valence-corrected chi connectivity index (χ2v) is 5.74. The maximum atomic E-state index is 9.83. The van der Waals surface area contributed by atoms with Crippen molar-refractivity contribution in [1.82, 2.24) is 4.90 Å². The quantitative estimate of drug-likeness (QED) is 0.246. The van der Waals surface area contributed by atoms with Crippen LogP contribution in [0.4, 0.5) is 0 Å². The third-order valence-electron chi connectivity index (χ3n) is 3.15. The van der Waals surface area contributed by atoms with Crippen molar-refractivity contribution in [1.29, 1.82) is 0 Å². The van der Waals surface area contributed by atoms with E-state index in [1.165, 1.54) is 4.90 Å². The van der Waals surface area contributed by atoms with Crippen LogP contribution < -0.4 is 0 Å². The molecular weight excluding hydrogens is 298 g/mol. The zero-order valence-corrected chi connectivity index (χ0v) is 11.4. The summed E-state index contributed by atoms with van der Waals surface area (Å²) in [5, 5.41) is 47.0. The van der Waals surface area contributed by atoms with Crippen molar-refractivity contribution in [2.24, 2.45) is 0 Å². The molecule has 0 unspecified atom stereocenters. The largest absolute Gasteiger partial charge is 0.395 e. The Bertz CT molecular complexity index is 302. The monoisotopic (exact) mass is 319 g/mol. The lowest BCUT2D eigenvalue weighted by atomic mass is 10.1. The van der Waals surface area contributed by atoms with Gasteiger partial charge in [-0.25, -0.2) is 0 Å². The minimum Gasteiger partial charge on any atom is -0.395 e. The molecule has 0 bridgehead atoms. The van der Waals surface area contributed by atoms with E-state index in [1.807, 2.05) is 0 Å². The van der Waals surface area contributed by atoms with Gasteiger partial charge in [-0.05, 0) is 0 Å². The molecule has 1 saturated heterocycles. The first-order valence-electron chi connectivity index (χ1n) is 5.88. The molecule has 0 radical (unpaired) electrons. The normalized spacial score (nSPS) is 32.3. The summed E-state index contributed by atoms with van der Waals surface area (Å²) >= 11 is -4.34. The minimum atomic E-state index is -4.34. The fraction of sp³-hybridized carbons (Fsp3) is 1.00. The molecule has 1 aliphatic heterocycles. The number of rotatable bonds is 7. The number of aliphatic hydroxyl groups excluding tert-OH is 5. The van der Waals surface area contributed by atoms with E-state index in [4.69, 9.17) is 23.9 Å². The standard InChI is InChI=1S/C9H21NO9S/c11-3-5-9(15)7(14)2-10(5)1-6(13)8(4-12)19-20(16,17)18/h5-9,11-18H,1-4H2/t5-,6-,7-,8-,9-/m1/s1. The Hall–Kier alpha value is -0.0500. The zero-order valence-electron chi connectivity index (χ0n) is 10.6. The van der Waals surface area contributed by atoms with E-state index in [-0.39, 0.29) is 13.1 Å². The molecule has 0 spiro atoms. The first kappa shape index (κ1) is 18.0. The molecule has 5 atom stereocenters. The van der Waals surface area contributed by atoms with Gasteiger partial charge in [0.25, 0.3) is 0 Å². The first-order chi connectivity index (χ1) is 9.19. The van der Waals surface area contributed by atoms with Gasteiger partial charge >= 0.3 is 0 Å². The Morgan fingerprint density at radius 3 is 2.25 bits per heavy atom. The topological polar surface area (TPSA) is 174 Å². The Balaban J connectivity index is 2.62. The molecular formula is C9H21NO9S. The predicted molar refractivity (Wildman–Crippen MR) is 67.9 cm³/mol. The summed E-state index contributed by atoms with van der Waals surface area (Å²) in [4.78, 5) is 1.37. The number of likely N-dealkylation sites (tertiary alicyclic amines) is 1. The van der Waals surface area contributed by atoms with Crippen LogP contribution in [0.15, 0.2) is 0 Å². The fourth-order valence-electron chi connectivity index (χ4n) is 2.13. The van der Waals surface area contributed by atoms with E-state index in [9.17, 15) is 15.3 Å². The van der Waals surface area contributed by atoms with Crippen molar-refractivity contribution in [2.75, 3.05) is 26.3 Å². The Labute approximate surface area is 117 Å². The second-order valence-electron chi connectivity index (χ2n) is 4.61. The average Bonchev–Trinajstić information content (AvgIpc) is 2.60. The highest BCUT2D eigenvalue weighted by Gasteiger charge is 2.41. The van der Waals surface area contributed by atoms with Gasteiger partial charge in [-0.3, -0.25) is 22.7 Å². The third-order valence-corrected chi connectivity index (χ3v) is 3.65. The average molecular weight is 319 g/mol. The van der Waals surface area contributed by atoms with Gasteiger partial charge in [-0.1, -0.05) is 0 Å². The van der Waals surface area contributed by atoms with Crippen LogP contribution in [0.2, 0.25) is 0 Å². The van der Waals surface area contributed by atoms with Gasteiger partial charge in [0.1, 0.15) is 6.10 Å². The van der Waals surface area contributed by atoms with Gasteiger partial charge in [0.15, 0.2) is 0 Å². The predicted octanol–water partition coefficient (Wildman–Crippen LogP) is -2.74. The molecule has 1 rings (SSSR count). The number of hydrogen-bond acceptors (Lipinski definition) is 10. The Morgan fingerprint density at radius 2 is 1.80 bits per heavy atom. The van der Waals surface area contributed by atoms with Crippen molar-refractivity contribution in [3.05, 3.63) is 0 Å². The molecule has 1 aliphatic rings. The maximum absolute atomic E-state index is 9.83. The number of hydrogen-bond donors (Lipinski definition) is 8. The molecule has 1 heterocycles. The molecule has 0 saturated carbocycles. The lowest BCUT2D eigenvalue weighted by molar-refractivity contribution is -0.0350. The number of aliphatic hydroxyl groups is 5. The molecule has 122 valence electrons. The molecule has 11 heteroatoms. The van der Waals surface area contributed by atoms with Crippen molar-refractivity contribution in [3.63, 3.8) is 0 Å². The van der Waals surface area contributed by atoms with Gasteiger partial charge in [0.2, 0.25) is 11.2 Å². The number of nitrogens with zero attached hydrogens (tertiary/aromatic N) is 1. The molecule has 0 aromatic carbocycles. The van der Waals surface area contributed by atoms with E-state index in [0.717, 1.165) is 0 Å². The van der Waals surface area contributed by atoms with Crippen molar-refractivity contribution < 1.29 is 43.4 Å².